The Hall–Kier alpha value is -2.28. The summed E-state index contributed by atoms with van der Waals surface area (Å²) in [5, 5.41) is 5.84. The van der Waals surface area contributed by atoms with Crippen LogP contribution in [0.2, 0.25) is 5.02 Å². The Morgan fingerprint density at radius 3 is 2.15 bits per heavy atom. The van der Waals surface area contributed by atoms with E-state index in [9.17, 15) is 8.42 Å². The van der Waals surface area contributed by atoms with Crippen LogP contribution in [0.1, 0.15) is 5.69 Å². The van der Waals surface area contributed by atoms with Gasteiger partial charge in [0.05, 0.1) is 21.3 Å². The summed E-state index contributed by atoms with van der Waals surface area (Å²) in [7, 11) is 0.179. The molecule has 1 heterocycles. The van der Waals surface area contributed by atoms with Gasteiger partial charge in [0.25, 0.3) is 0 Å². The lowest BCUT2D eigenvalue weighted by molar-refractivity contribution is 0.598. The monoisotopic (exact) mass is 389 g/mol. The lowest BCUT2D eigenvalue weighted by Gasteiger charge is -2.15. The maximum Gasteiger partial charge on any atom is 0.238 e. The van der Waals surface area contributed by atoms with E-state index in [2.05, 4.69) is 4.98 Å². The lowest BCUT2D eigenvalue weighted by atomic mass is 10.0. The van der Waals surface area contributed by atoms with Gasteiger partial charge in [0.15, 0.2) is 0 Å². The van der Waals surface area contributed by atoms with E-state index in [-0.39, 0.29) is 4.90 Å². The number of primary sulfonamides is 1. The first-order chi connectivity index (χ1) is 12.2. The molecule has 0 saturated heterocycles. The molecule has 0 fully saturated rings. The number of halogens is 1. The summed E-state index contributed by atoms with van der Waals surface area (Å²) in [6, 6.07) is 14.5. The van der Waals surface area contributed by atoms with Crippen molar-refractivity contribution < 1.29 is 8.42 Å². The zero-order valence-corrected chi connectivity index (χ0v) is 16.3. The molecule has 3 N–H and O–H groups in total. The van der Waals surface area contributed by atoms with Crippen molar-refractivity contribution in [3.05, 3.63) is 59.2 Å². The van der Waals surface area contributed by atoms with Gasteiger partial charge in [0, 0.05) is 25.4 Å². The maximum atomic E-state index is 11.4. The summed E-state index contributed by atoms with van der Waals surface area (Å²) in [4.78, 5) is 5.39. The molecule has 7 heteroatoms. The smallest absolute Gasteiger partial charge is 0.238 e. The number of nitrogens with two attached hydrogens (primary N) is 1. The van der Waals surface area contributed by atoms with Gasteiger partial charge in [0.1, 0.15) is 0 Å². The fraction of sp³-hybridized carbons (Fsp3) is 0.158. The van der Waals surface area contributed by atoms with E-state index >= 15 is 0 Å². The van der Waals surface area contributed by atoms with Crippen LogP contribution in [0.5, 0.6) is 0 Å². The molecule has 0 amide bonds. The fourth-order valence-electron chi connectivity index (χ4n) is 2.89. The maximum absolute atomic E-state index is 11.4. The first-order valence-corrected chi connectivity index (χ1v) is 9.89. The Morgan fingerprint density at radius 1 is 1.00 bits per heavy atom. The predicted octanol–water partition coefficient (Wildman–Crippen LogP) is 4.02. The molecular weight excluding hydrogens is 370 g/mol. The van der Waals surface area contributed by atoms with Gasteiger partial charge in [0.2, 0.25) is 10.0 Å². The minimum absolute atomic E-state index is 0.0875. The van der Waals surface area contributed by atoms with Gasteiger partial charge in [-0.2, -0.15) is 0 Å². The lowest BCUT2D eigenvalue weighted by Crippen LogP contribution is -2.11. The number of H-pyrrole nitrogens is 1. The van der Waals surface area contributed by atoms with Gasteiger partial charge in [-0.3, -0.25) is 0 Å². The molecule has 0 aliphatic carbocycles. The molecule has 5 nitrogen and oxygen atoms in total. The minimum atomic E-state index is -3.71. The highest BCUT2D eigenvalue weighted by Crippen LogP contribution is 2.36. The highest BCUT2D eigenvalue weighted by Gasteiger charge is 2.14. The minimum Gasteiger partial charge on any atom is -0.376 e. The Bertz CT molecular complexity index is 1050. The van der Waals surface area contributed by atoms with Crippen molar-refractivity contribution in [2.45, 2.75) is 11.8 Å². The molecular formula is C19H20ClN3O2S. The van der Waals surface area contributed by atoms with Crippen molar-refractivity contribution in [2.24, 2.45) is 5.14 Å². The number of aromatic nitrogens is 1. The largest absolute Gasteiger partial charge is 0.376 e. The average molecular weight is 390 g/mol. The zero-order valence-electron chi connectivity index (χ0n) is 14.7. The summed E-state index contributed by atoms with van der Waals surface area (Å²) in [6.45, 7) is 1.97. The fourth-order valence-corrected chi connectivity index (χ4v) is 3.76. The second-order valence-corrected chi connectivity index (χ2v) is 8.34. The molecule has 3 rings (SSSR count). The van der Waals surface area contributed by atoms with Crippen LogP contribution >= 0.6 is 11.6 Å². The topological polar surface area (TPSA) is 79.2 Å². The number of aromatic amines is 1. The van der Waals surface area contributed by atoms with Crippen LogP contribution in [0.25, 0.3) is 22.4 Å². The average Bonchev–Trinajstić information content (AvgIpc) is 2.95. The number of nitrogens with zero attached hydrogens (tertiary/aromatic N) is 1. The number of sulfonamides is 1. The molecule has 1 aromatic heterocycles. The van der Waals surface area contributed by atoms with Crippen LogP contribution < -0.4 is 10.0 Å². The quantitative estimate of drug-likeness (QED) is 0.707. The second-order valence-electron chi connectivity index (χ2n) is 6.37. The van der Waals surface area contributed by atoms with Gasteiger partial charge in [-0.25, -0.2) is 13.6 Å². The van der Waals surface area contributed by atoms with Crippen LogP contribution in [0, 0.1) is 6.92 Å². The van der Waals surface area contributed by atoms with E-state index in [0.717, 1.165) is 33.8 Å². The van der Waals surface area contributed by atoms with Gasteiger partial charge in [-0.1, -0.05) is 29.8 Å². The second kappa shape index (κ2) is 6.79. The Balaban J connectivity index is 2.08. The van der Waals surface area contributed by atoms with Crippen LogP contribution in [0.15, 0.2) is 53.4 Å². The number of aryl methyl sites for hydroxylation is 1. The molecule has 3 aromatic rings. The number of hydrogen-bond acceptors (Lipinski definition) is 3. The number of rotatable bonds is 4. The van der Waals surface area contributed by atoms with Crippen LogP contribution in [0.4, 0.5) is 5.69 Å². The Labute approximate surface area is 158 Å². The van der Waals surface area contributed by atoms with Gasteiger partial charge >= 0.3 is 0 Å². The van der Waals surface area contributed by atoms with E-state index in [0.29, 0.717) is 5.02 Å². The van der Waals surface area contributed by atoms with E-state index in [1.807, 2.05) is 50.2 Å². The summed E-state index contributed by atoms with van der Waals surface area (Å²) in [5.74, 6) is 0. The van der Waals surface area contributed by atoms with Crippen molar-refractivity contribution >= 4 is 27.3 Å². The number of hydrogen-bond donors (Lipinski definition) is 2. The molecule has 0 spiro atoms. The Kier molecular flexibility index (Phi) is 4.84. The number of nitrogens with one attached hydrogen (secondary N) is 1. The van der Waals surface area contributed by atoms with E-state index in [1.54, 1.807) is 12.1 Å². The molecule has 0 aliphatic heterocycles. The van der Waals surface area contributed by atoms with Crippen LogP contribution in [-0.4, -0.2) is 27.5 Å². The molecule has 0 radical (unpaired) electrons. The van der Waals surface area contributed by atoms with Crippen molar-refractivity contribution in [1.29, 1.82) is 0 Å². The molecule has 136 valence electrons. The van der Waals surface area contributed by atoms with Crippen molar-refractivity contribution in [3.8, 4) is 22.4 Å². The third-order valence-corrected chi connectivity index (χ3v) is 5.40. The number of anilines is 1. The zero-order chi connectivity index (χ0) is 19.1. The highest BCUT2D eigenvalue weighted by atomic mass is 35.5. The van der Waals surface area contributed by atoms with Crippen molar-refractivity contribution in [1.82, 2.24) is 4.98 Å². The molecule has 0 unspecified atom stereocenters. The first kappa shape index (κ1) is 18.5. The normalized spacial score (nSPS) is 11.6. The van der Waals surface area contributed by atoms with E-state index in [1.165, 1.54) is 12.1 Å². The molecule has 0 bridgehead atoms. The molecule has 26 heavy (non-hydrogen) atoms. The molecule has 0 saturated carbocycles. The summed E-state index contributed by atoms with van der Waals surface area (Å²) >= 11 is 6.42. The standard InChI is InChI=1S/C19H20ClN3O2S/c1-12-10-16(14-6-9-18(23(2)3)17(20)11-14)19(22-12)13-4-7-15(8-5-13)26(21,24)25/h4-11,22H,1-3H3,(H2,21,24,25). The van der Waals surface area contributed by atoms with Gasteiger partial charge in [-0.15, -0.1) is 0 Å². The molecule has 2 aromatic carbocycles. The Morgan fingerprint density at radius 2 is 1.62 bits per heavy atom. The van der Waals surface area contributed by atoms with Gasteiger partial charge in [-0.05, 0) is 48.4 Å². The summed E-state index contributed by atoms with van der Waals surface area (Å²) in [5.41, 5.74) is 5.69. The highest BCUT2D eigenvalue weighted by molar-refractivity contribution is 7.89. The van der Waals surface area contributed by atoms with Crippen LogP contribution in [0.3, 0.4) is 0 Å². The molecule has 0 aliphatic rings. The summed E-state index contributed by atoms with van der Waals surface area (Å²) < 4.78 is 22.9. The SMILES string of the molecule is Cc1cc(-c2ccc(N(C)C)c(Cl)c2)c(-c2ccc(S(N)(=O)=O)cc2)[nH]1. The predicted molar refractivity (Wildman–Crippen MR) is 107 cm³/mol. The van der Waals surface area contributed by atoms with Crippen molar-refractivity contribution in [3.63, 3.8) is 0 Å². The van der Waals surface area contributed by atoms with Crippen molar-refractivity contribution in [2.75, 3.05) is 19.0 Å². The van der Waals surface area contributed by atoms with Gasteiger partial charge < -0.3 is 9.88 Å². The molecule has 0 atom stereocenters. The van der Waals surface area contributed by atoms with E-state index < -0.39 is 10.0 Å². The third kappa shape index (κ3) is 3.62. The van der Waals surface area contributed by atoms with Crippen LogP contribution in [-0.2, 0) is 10.0 Å². The first-order valence-electron chi connectivity index (χ1n) is 7.97. The summed E-state index contributed by atoms with van der Waals surface area (Å²) in [6.07, 6.45) is 0. The number of benzene rings is 2. The van der Waals surface area contributed by atoms with E-state index in [4.69, 9.17) is 16.7 Å². The third-order valence-electron chi connectivity index (χ3n) is 4.16.